The quantitative estimate of drug-likeness (QED) is 0.700. The Labute approximate surface area is 70.0 Å². The molecule has 0 saturated carbocycles. The third kappa shape index (κ3) is 2.98. The zero-order valence-electron chi connectivity index (χ0n) is 6.36. The van der Waals surface area contributed by atoms with Gasteiger partial charge in [0, 0.05) is 17.3 Å². The summed E-state index contributed by atoms with van der Waals surface area (Å²) in [6, 6.07) is 0. The van der Waals surface area contributed by atoms with Gasteiger partial charge in [0.1, 0.15) is 0 Å². The van der Waals surface area contributed by atoms with Crippen LogP contribution < -0.4 is 0 Å². The average Bonchev–Trinajstić information content (AvgIpc) is 2.10. The fourth-order valence-electron chi connectivity index (χ4n) is 0.730. The molecule has 0 fully saturated rings. The summed E-state index contributed by atoms with van der Waals surface area (Å²) >= 11 is 1.42. The first-order valence-electron chi connectivity index (χ1n) is 3.06. The molecule has 1 aromatic rings. The van der Waals surface area contributed by atoms with E-state index in [4.69, 9.17) is 0 Å². The summed E-state index contributed by atoms with van der Waals surface area (Å²) in [5.41, 5.74) is 0. The molecule has 5 heteroatoms. The average molecular weight is 191 g/mol. The fourth-order valence-corrected chi connectivity index (χ4v) is 2.79. The fraction of sp³-hybridized carbons (Fsp3) is 0.500. The molecule has 3 nitrogen and oxygen atoms in total. The summed E-state index contributed by atoms with van der Waals surface area (Å²) in [6.45, 7) is 1.86. The van der Waals surface area contributed by atoms with Crippen LogP contribution >= 0.6 is 11.3 Å². The van der Waals surface area contributed by atoms with Gasteiger partial charge >= 0.3 is 0 Å². The van der Waals surface area contributed by atoms with Gasteiger partial charge in [0.05, 0.1) is 10.8 Å². The number of nitrogens with zero attached hydrogens (tertiary/aromatic N) is 1. The first kappa shape index (κ1) is 8.67. The van der Waals surface area contributed by atoms with E-state index in [0.717, 1.165) is 9.88 Å². The molecule has 0 spiro atoms. The van der Waals surface area contributed by atoms with Gasteiger partial charge < -0.3 is 0 Å². The molecule has 0 aromatic carbocycles. The lowest BCUT2D eigenvalue weighted by Gasteiger charge is -1.90. The van der Waals surface area contributed by atoms with Crippen LogP contribution in [-0.2, 0) is 15.6 Å². The SMILES string of the molecule is Cc1ncc(CS(C)(=O)=O)s1. The highest BCUT2D eigenvalue weighted by molar-refractivity contribution is 7.90. The van der Waals surface area contributed by atoms with E-state index in [-0.39, 0.29) is 5.75 Å². The van der Waals surface area contributed by atoms with Crippen molar-refractivity contribution < 1.29 is 8.42 Å². The van der Waals surface area contributed by atoms with E-state index in [1.54, 1.807) is 6.20 Å². The summed E-state index contributed by atoms with van der Waals surface area (Å²) in [7, 11) is -2.89. The molecule has 11 heavy (non-hydrogen) atoms. The molecule has 0 unspecified atom stereocenters. The highest BCUT2D eigenvalue weighted by Gasteiger charge is 2.06. The molecule has 0 aliphatic carbocycles. The zero-order chi connectivity index (χ0) is 8.48. The van der Waals surface area contributed by atoms with Crippen molar-refractivity contribution in [3.05, 3.63) is 16.1 Å². The van der Waals surface area contributed by atoms with E-state index in [1.807, 2.05) is 6.92 Å². The van der Waals surface area contributed by atoms with Crippen molar-refractivity contribution in [2.75, 3.05) is 6.26 Å². The van der Waals surface area contributed by atoms with Crippen LogP contribution in [0.25, 0.3) is 0 Å². The van der Waals surface area contributed by atoms with Gasteiger partial charge in [-0.15, -0.1) is 11.3 Å². The standard InChI is InChI=1S/C6H9NO2S2/c1-5-7-3-6(10-5)4-11(2,8)9/h3H,4H2,1-2H3. The van der Waals surface area contributed by atoms with Gasteiger partial charge in [-0.1, -0.05) is 0 Å². The second-order valence-corrected chi connectivity index (χ2v) is 5.88. The van der Waals surface area contributed by atoms with E-state index in [0.29, 0.717) is 0 Å². The maximum atomic E-state index is 10.8. The van der Waals surface area contributed by atoms with E-state index >= 15 is 0 Å². The number of aryl methyl sites for hydroxylation is 1. The molecule has 0 radical (unpaired) electrons. The molecule has 1 rings (SSSR count). The van der Waals surface area contributed by atoms with Crippen molar-refractivity contribution in [3.63, 3.8) is 0 Å². The summed E-state index contributed by atoms with van der Waals surface area (Å²) < 4.78 is 21.6. The van der Waals surface area contributed by atoms with Crippen molar-refractivity contribution >= 4 is 21.2 Å². The number of hydrogen-bond acceptors (Lipinski definition) is 4. The molecule has 62 valence electrons. The molecule has 0 saturated heterocycles. The van der Waals surface area contributed by atoms with Crippen molar-refractivity contribution in [3.8, 4) is 0 Å². The predicted octanol–water partition coefficient (Wildman–Crippen LogP) is 0.996. The Morgan fingerprint density at radius 1 is 1.64 bits per heavy atom. The van der Waals surface area contributed by atoms with Crippen LogP contribution in [0, 0.1) is 6.92 Å². The first-order valence-corrected chi connectivity index (χ1v) is 5.94. The minimum atomic E-state index is -2.89. The van der Waals surface area contributed by atoms with Crippen molar-refractivity contribution in [2.45, 2.75) is 12.7 Å². The van der Waals surface area contributed by atoms with Crippen molar-refractivity contribution in [2.24, 2.45) is 0 Å². The molecule has 0 aliphatic heterocycles. The summed E-state index contributed by atoms with van der Waals surface area (Å²) in [5, 5.41) is 0.906. The molecule has 1 heterocycles. The van der Waals surface area contributed by atoms with E-state index < -0.39 is 9.84 Å². The van der Waals surface area contributed by atoms with E-state index in [1.165, 1.54) is 17.6 Å². The van der Waals surface area contributed by atoms with Crippen LogP contribution in [0.3, 0.4) is 0 Å². The molecule has 0 N–H and O–H groups in total. The highest BCUT2D eigenvalue weighted by Crippen LogP contribution is 2.13. The second-order valence-electron chi connectivity index (χ2n) is 2.42. The van der Waals surface area contributed by atoms with Crippen molar-refractivity contribution in [1.29, 1.82) is 0 Å². The number of sulfone groups is 1. The summed E-state index contributed by atoms with van der Waals surface area (Å²) in [4.78, 5) is 4.77. The highest BCUT2D eigenvalue weighted by atomic mass is 32.2. The van der Waals surface area contributed by atoms with Gasteiger partial charge in [-0.3, -0.25) is 0 Å². The number of aromatic nitrogens is 1. The molecular weight excluding hydrogens is 182 g/mol. The Kier molecular flexibility index (Phi) is 2.29. The normalized spacial score (nSPS) is 11.8. The Balaban J connectivity index is 2.81. The maximum absolute atomic E-state index is 10.8. The Bertz CT molecular complexity index is 339. The summed E-state index contributed by atoms with van der Waals surface area (Å²) in [5.74, 6) is 0.110. The molecule has 0 aliphatic rings. The number of thiazole rings is 1. The second kappa shape index (κ2) is 2.91. The van der Waals surface area contributed by atoms with E-state index in [9.17, 15) is 8.42 Å². The number of hydrogen-bond donors (Lipinski definition) is 0. The van der Waals surface area contributed by atoms with Crippen molar-refractivity contribution in [1.82, 2.24) is 4.98 Å². The molecule has 0 atom stereocenters. The van der Waals surface area contributed by atoms with Gasteiger partial charge in [-0.2, -0.15) is 0 Å². The Morgan fingerprint density at radius 2 is 2.27 bits per heavy atom. The van der Waals surface area contributed by atoms with Crippen LogP contribution in [-0.4, -0.2) is 19.7 Å². The lowest BCUT2D eigenvalue weighted by Crippen LogP contribution is -1.98. The lowest BCUT2D eigenvalue weighted by atomic mass is 10.6. The Morgan fingerprint density at radius 3 is 2.64 bits per heavy atom. The minimum absolute atomic E-state index is 0.110. The van der Waals surface area contributed by atoms with Gasteiger partial charge in [-0.05, 0) is 6.92 Å². The summed E-state index contributed by atoms with van der Waals surface area (Å²) in [6.07, 6.45) is 2.84. The van der Waals surface area contributed by atoms with Gasteiger partial charge in [0.25, 0.3) is 0 Å². The van der Waals surface area contributed by atoms with Crippen LogP contribution in [0.4, 0.5) is 0 Å². The first-order chi connectivity index (χ1) is 4.97. The van der Waals surface area contributed by atoms with Gasteiger partial charge in [0.15, 0.2) is 9.84 Å². The maximum Gasteiger partial charge on any atom is 0.152 e. The molecule has 0 amide bonds. The molecule has 1 aromatic heterocycles. The third-order valence-corrected chi connectivity index (χ3v) is 3.00. The smallest absolute Gasteiger partial charge is 0.152 e. The number of rotatable bonds is 2. The van der Waals surface area contributed by atoms with Crippen LogP contribution in [0.1, 0.15) is 9.88 Å². The largest absolute Gasteiger partial charge is 0.250 e. The van der Waals surface area contributed by atoms with Gasteiger partial charge in [0.2, 0.25) is 0 Å². The monoisotopic (exact) mass is 191 g/mol. The lowest BCUT2D eigenvalue weighted by molar-refractivity contribution is 0.601. The minimum Gasteiger partial charge on any atom is -0.250 e. The third-order valence-electron chi connectivity index (χ3n) is 1.07. The van der Waals surface area contributed by atoms with Gasteiger partial charge in [-0.25, -0.2) is 13.4 Å². The van der Waals surface area contributed by atoms with Crippen LogP contribution in [0.5, 0.6) is 0 Å². The van der Waals surface area contributed by atoms with Crippen LogP contribution in [0.2, 0.25) is 0 Å². The van der Waals surface area contributed by atoms with Crippen LogP contribution in [0.15, 0.2) is 6.20 Å². The zero-order valence-corrected chi connectivity index (χ0v) is 8.00. The van der Waals surface area contributed by atoms with E-state index in [2.05, 4.69) is 4.98 Å². The topological polar surface area (TPSA) is 47.0 Å². The Hall–Kier alpha value is -0.420. The molecular formula is C6H9NO2S2. The predicted molar refractivity (Wildman–Crippen MR) is 45.4 cm³/mol. The molecule has 0 bridgehead atoms.